The monoisotopic (exact) mass is 349 g/mol. The number of benzene rings is 1. The number of hydrogen-bond donors (Lipinski definition) is 3. The molecule has 1 atom stereocenters. The van der Waals surface area contributed by atoms with E-state index in [1.54, 1.807) is 14.0 Å². The lowest BCUT2D eigenvalue weighted by Crippen LogP contribution is -3.16. The molecule has 0 saturated carbocycles. The van der Waals surface area contributed by atoms with E-state index in [9.17, 15) is 9.59 Å². The van der Waals surface area contributed by atoms with Crippen LogP contribution in [0.5, 0.6) is 5.75 Å². The van der Waals surface area contributed by atoms with Crippen LogP contribution in [0.4, 0.5) is 5.69 Å². The topological polar surface area (TPSA) is 75.1 Å². The predicted octanol–water partition coefficient (Wildman–Crippen LogP) is -0.959. The van der Waals surface area contributed by atoms with Crippen molar-refractivity contribution in [2.45, 2.75) is 19.9 Å². The quantitative estimate of drug-likeness (QED) is 0.593. The van der Waals surface area contributed by atoms with E-state index in [-0.39, 0.29) is 11.8 Å². The molecule has 7 nitrogen and oxygen atoms in total. The molecule has 1 aliphatic heterocycles. The summed E-state index contributed by atoms with van der Waals surface area (Å²) in [6.07, 6.45) is 0. The molecule has 1 heterocycles. The number of nitrogens with zero attached hydrogens (tertiary/aromatic N) is 1. The van der Waals surface area contributed by atoms with Crippen LogP contribution in [0.2, 0.25) is 0 Å². The number of rotatable bonds is 7. The van der Waals surface area contributed by atoms with E-state index >= 15 is 0 Å². The van der Waals surface area contributed by atoms with Crippen LogP contribution in [0.15, 0.2) is 24.3 Å². The van der Waals surface area contributed by atoms with Gasteiger partial charge in [-0.05, 0) is 38.1 Å². The molecule has 25 heavy (non-hydrogen) atoms. The summed E-state index contributed by atoms with van der Waals surface area (Å²) >= 11 is 0. The number of ether oxygens (including phenoxy) is 1. The Kier molecular flexibility index (Phi) is 7.06. The normalized spacial score (nSPS) is 16.2. The minimum absolute atomic E-state index is 0.0772. The zero-order valence-electron chi connectivity index (χ0n) is 15.3. The molecule has 3 N–H and O–H groups in total. The summed E-state index contributed by atoms with van der Waals surface area (Å²) < 4.78 is 5.19. The van der Waals surface area contributed by atoms with Crippen LogP contribution in [0.25, 0.3) is 0 Å². The third-order valence-corrected chi connectivity index (χ3v) is 4.44. The molecule has 1 aliphatic rings. The van der Waals surface area contributed by atoms with Crippen molar-refractivity contribution in [1.29, 1.82) is 0 Å². The number of quaternary nitrogens is 1. The van der Waals surface area contributed by atoms with Crippen molar-refractivity contribution in [2.24, 2.45) is 0 Å². The van der Waals surface area contributed by atoms with E-state index in [0.717, 1.165) is 31.9 Å². The maximum Gasteiger partial charge on any atom is 0.275 e. The lowest BCUT2D eigenvalue weighted by molar-refractivity contribution is -0.892. The van der Waals surface area contributed by atoms with Gasteiger partial charge in [-0.1, -0.05) is 0 Å². The first kappa shape index (κ1) is 19.1. The molecular formula is C18H29N4O3+. The Morgan fingerprint density at radius 3 is 2.44 bits per heavy atom. The SMILES string of the molecule is CCNC(=O)[C@H](C)NC(=O)C[NH+]1CCN(c2ccc(OC)cc2)CC1. The fourth-order valence-electron chi connectivity index (χ4n) is 2.96. The molecule has 1 fully saturated rings. The highest BCUT2D eigenvalue weighted by Crippen LogP contribution is 2.18. The number of carbonyl (C=O) groups excluding carboxylic acids is 2. The minimum atomic E-state index is -0.493. The van der Waals surface area contributed by atoms with Crippen LogP contribution in [0, 0.1) is 0 Å². The molecule has 7 heteroatoms. The van der Waals surface area contributed by atoms with E-state index in [2.05, 4.69) is 27.7 Å². The summed E-state index contributed by atoms with van der Waals surface area (Å²) in [6.45, 7) is 8.14. The second-order valence-corrected chi connectivity index (χ2v) is 6.30. The smallest absolute Gasteiger partial charge is 0.275 e. The molecule has 0 aliphatic carbocycles. The van der Waals surface area contributed by atoms with Gasteiger partial charge in [-0.2, -0.15) is 0 Å². The van der Waals surface area contributed by atoms with Gasteiger partial charge in [0.05, 0.1) is 33.3 Å². The first-order chi connectivity index (χ1) is 12.0. The van der Waals surface area contributed by atoms with E-state index in [4.69, 9.17) is 4.74 Å². The standard InChI is InChI=1S/C18H28N4O3/c1-4-19-18(24)14(2)20-17(23)13-21-9-11-22(12-10-21)15-5-7-16(25-3)8-6-15/h5-8,14H,4,9-13H2,1-3H3,(H,19,24)(H,20,23)/p+1/t14-/m0/s1. The molecule has 0 spiro atoms. The molecule has 2 rings (SSSR count). The molecule has 1 aromatic carbocycles. The number of anilines is 1. The molecule has 138 valence electrons. The Morgan fingerprint density at radius 1 is 1.24 bits per heavy atom. The van der Waals surface area contributed by atoms with Crippen molar-refractivity contribution in [3.63, 3.8) is 0 Å². The van der Waals surface area contributed by atoms with Gasteiger partial charge in [-0.3, -0.25) is 9.59 Å². The number of methoxy groups -OCH3 is 1. The number of piperazine rings is 1. The van der Waals surface area contributed by atoms with Crippen molar-refractivity contribution >= 4 is 17.5 Å². The van der Waals surface area contributed by atoms with Crippen molar-refractivity contribution in [2.75, 3.05) is 51.3 Å². The van der Waals surface area contributed by atoms with Gasteiger partial charge in [-0.25, -0.2) is 0 Å². The fourth-order valence-corrected chi connectivity index (χ4v) is 2.96. The van der Waals surface area contributed by atoms with E-state index in [1.807, 2.05) is 19.1 Å². The highest BCUT2D eigenvalue weighted by Gasteiger charge is 2.24. The van der Waals surface area contributed by atoms with Crippen LogP contribution in [0.1, 0.15) is 13.8 Å². The molecule has 0 radical (unpaired) electrons. The van der Waals surface area contributed by atoms with E-state index in [1.165, 1.54) is 10.6 Å². The lowest BCUT2D eigenvalue weighted by Gasteiger charge is -2.33. The first-order valence-electron chi connectivity index (χ1n) is 8.83. The second-order valence-electron chi connectivity index (χ2n) is 6.30. The number of amides is 2. The largest absolute Gasteiger partial charge is 0.497 e. The second kappa shape index (κ2) is 9.27. The summed E-state index contributed by atoms with van der Waals surface area (Å²) in [5, 5.41) is 5.48. The average molecular weight is 349 g/mol. The van der Waals surface area contributed by atoms with Gasteiger partial charge in [0.15, 0.2) is 6.54 Å². The van der Waals surface area contributed by atoms with Gasteiger partial charge < -0.3 is 25.2 Å². The molecule has 2 amide bonds. The molecule has 0 bridgehead atoms. The van der Waals surface area contributed by atoms with Crippen LogP contribution in [-0.2, 0) is 9.59 Å². The van der Waals surface area contributed by atoms with E-state index < -0.39 is 6.04 Å². The number of carbonyl (C=O) groups is 2. The van der Waals surface area contributed by atoms with Gasteiger partial charge in [-0.15, -0.1) is 0 Å². The Hall–Kier alpha value is -2.28. The molecule has 1 saturated heterocycles. The van der Waals surface area contributed by atoms with Crippen LogP contribution < -0.4 is 25.2 Å². The summed E-state index contributed by atoms with van der Waals surface area (Å²) in [4.78, 5) is 27.3. The Balaban J connectivity index is 1.76. The van der Waals surface area contributed by atoms with Crippen LogP contribution in [0.3, 0.4) is 0 Å². The van der Waals surface area contributed by atoms with Gasteiger partial charge in [0.1, 0.15) is 11.8 Å². The Bertz CT molecular complexity index is 568. The van der Waals surface area contributed by atoms with Gasteiger partial charge in [0.25, 0.3) is 5.91 Å². The summed E-state index contributed by atoms with van der Waals surface area (Å²) in [5.74, 6) is 0.632. The number of hydrogen-bond acceptors (Lipinski definition) is 4. The predicted molar refractivity (Wildman–Crippen MR) is 97.1 cm³/mol. The molecule has 1 aromatic rings. The van der Waals surface area contributed by atoms with Gasteiger partial charge in [0.2, 0.25) is 5.91 Å². The van der Waals surface area contributed by atoms with E-state index in [0.29, 0.717) is 13.1 Å². The Morgan fingerprint density at radius 2 is 1.88 bits per heavy atom. The minimum Gasteiger partial charge on any atom is -0.497 e. The Labute approximate surface area is 149 Å². The molecular weight excluding hydrogens is 320 g/mol. The maximum absolute atomic E-state index is 12.1. The highest BCUT2D eigenvalue weighted by atomic mass is 16.5. The van der Waals surface area contributed by atoms with Gasteiger partial charge in [0, 0.05) is 12.2 Å². The third-order valence-electron chi connectivity index (χ3n) is 4.44. The maximum atomic E-state index is 12.1. The van der Waals surface area contributed by atoms with Crippen molar-refractivity contribution in [3.8, 4) is 5.75 Å². The first-order valence-corrected chi connectivity index (χ1v) is 8.83. The summed E-state index contributed by atoms with van der Waals surface area (Å²) in [6, 6.07) is 7.55. The zero-order valence-corrected chi connectivity index (χ0v) is 15.3. The highest BCUT2D eigenvalue weighted by molar-refractivity contribution is 5.87. The molecule has 0 unspecified atom stereocenters. The number of nitrogens with one attached hydrogen (secondary N) is 3. The average Bonchev–Trinajstić information content (AvgIpc) is 2.62. The number of likely N-dealkylation sites (N-methyl/N-ethyl adjacent to an activating group) is 1. The van der Waals surface area contributed by atoms with Crippen molar-refractivity contribution in [3.05, 3.63) is 24.3 Å². The van der Waals surface area contributed by atoms with Crippen molar-refractivity contribution in [1.82, 2.24) is 10.6 Å². The van der Waals surface area contributed by atoms with Gasteiger partial charge >= 0.3 is 0 Å². The molecule has 0 aromatic heterocycles. The van der Waals surface area contributed by atoms with Crippen LogP contribution in [-0.4, -0.2) is 64.2 Å². The fraction of sp³-hybridized carbons (Fsp3) is 0.556. The summed E-state index contributed by atoms with van der Waals surface area (Å²) in [5.41, 5.74) is 1.18. The van der Waals surface area contributed by atoms with Crippen LogP contribution >= 0.6 is 0 Å². The summed E-state index contributed by atoms with van der Waals surface area (Å²) in [7, 11) is 1.66. The zero-order chi connectivity index (χ0) is 18.2. The third kappa shape index (κ3) is 5.63. The van der Waals surface area contributed by atoms with Crippen molar-refractivity contribution < 1.29 is 19.2 Å². The lowest BCUT2D eigenvalue weighted by atomic mass is 10.2.